The van der Waals surface area contributed by atoms with Crippen LogP contribution in [0.3, 0.4) is 0 Å². The van der Waals surface area contributed by atoms with Crippen LogP contribution in [0, 0.1) is 0 Å². The van der Waals surface area contributed by atoms with E-state index in [0.29, 0.717) is 41.9 Å². The Kier molecular flexibility index (Phi) is 5.03. The van der Waals surface area contributed by atoms with Gasteiger partial charge in [0.05, 0.1) is 0 Å². The highest BCUT2D eigenvalue weighted by atomic mass is 16.4. The number of carbonyl (C=O) groups excluding carboxylic acids is 1. The van der Waals surface area contributed by atoms with E-state index in [2.05, 4.69) is 10.3 Å². The van der Waals surface area contributed by atoms with E-state index in [1.165, 1.54) is 0 Å². The van der Waals surface area contributed by atoms with Crippen LogP contribution in [0.5, 0.6) is 0 Å². The highest BCUT2D eigenvalue weighted by molar-refractivity contribution is 5.92. The van der Waals surface area contributed by atoms with Crippen molar-refractivity contribution < 1.29 is 19.1 Å². The number of oxazole rings is 1. The van der Waals surface area contributed by atoms with Gasteiger partial charge in [-0.15, -0.1) is 0 Å². The number of nitrogens with zero attached hydrogens (tertiary/aromatic N) is 1. The molecule has 6 nitrogen and oxygen atoms in total. The lowest BCUT2D eigenvalue weighted by Crippen LogP contribution is -2.11. The zero-order chi connectivity index (χ0) is 17.0. The largest absolute Gasteiger partial charge is 0.481 e. The molecule has 0 atom stereocenters. The van der Waals surface area contributed by atoms with Crippen LogP contribution in [-0.4, -0.2) is 22.0 Å². The Morgan fingerprint density at radius 2 is 1.91 bits per heavy atom. The standard InChI is InChI=1S/C17H22N2O4/c1-17(2,3)16-19-12-10-11(8-9-13(12)23-16)18-14(20)6-4-5-7-15(21)22/h8-10H,4-7H2,1-3H3,(H,18,20)(H,21,22). The summed E-state index contributed by atoms with van der Waals surface area (Å²) in [5.74, 6) is -0.310. The van der Waals surface area contributed by atoms with Gasteiger partial charge in [0.1, 0.15) is 5.52 Å². The van der Waals surface area contributed by atoms with Crippen LogP contribution in [0.1, 0.15) is 52.3 Å². The number of unbranched alkanes of at least 4 members (excludes halogenated alkanes) is 1. The van der Waals surface area contributed by atoms with Crippen LogP contribution < -0.4 is 5.32 Å². The summed E-state index contributed by atoms with van der Waals surface area (Å²) in [6, 6.07) is 5.34. The molecule has 0 spiro atoms. The Bertz CT molecular complexity index is 713. The molecular weight excluding hydrogens is 296 g/mol. The van der Waals surface area contributed by atoms with Crippen LogP contribution in [0.2, 0.25) is 0 Å². The van der Waals surface area contributed by atoms with Crippen molar-refractivity contribution >= 4 is 28.7 Å². The van der Waals surface area contributed by atoms with E-state index in [-0.39, 0.29) is 17.7 Å². The van der Waals surface area contributed by atoms with Crippen molar-refractivity contribution in [1.82, 2.24) is 4.98 Å². The van der Waals surface area contributed by atoms with E-state index < -0.39 is 5.97 Å². The fraction of sp³-hybridized carbons (Fsp3) is 0.471. The predicted octanol–water partition coefficient (Wildman–Crippen LogP) is 3.71. The third-order valence-corrected chi connectivity index (χ3v) is 3.36. The second kappa shape index (κ2) is 6.81. The molecule has 124 valence electrons. The highest BCUT2D eigenvalue weighted by Gasteiger charge is 2.21. The molecule has 2 aromatic rings. The van der Waals surface area contributed by atoms with E-state index in [1.807, 2.05) is 20.8 Å². The first-order valence-electron chi connectivity index (χ1n) is 7.68. The molecular formula is C17H22N2O4. The van der Waals surface area contributed by atoms with Gasteiger partial charge in [0.2, 0.25) is 11.8 Å². The summed E-state index contributed by atoms with van der Waals surface area (Å²) >= 11 is 0. The second-order valence-electron chi connectivity index (χ2n) is 6.60. The van der Waals surface area contributed by atoms with Gasteiger partial charge in [0.15, 0.2) is 5.58 Å². The molecule has 0 aliphatic heterocycles. The monoisotopic (exact) mass is 318 g/mol. The maximum Gasteiger partial charge on any atom is 0.303 e. The summed E-state index contributed by atoms with van der Waals surface area (Å²) in [5, 5.41) is 11.4. The molecule has 1 aromatic carbocycles. The average molecular weight is 318 g/mol. The number of fused-ring (bicyclic) bond motifs is 1. The van der Waals surface area contributed by atoms with Gasteiger partial charge in [-0.3, -0.25) is 9.59 Å². The number of amides is 1. The Morgan fingerprint density at radius 3 is 2.57 bits per heavy atom. The maximum atomic E-state index is 11.9. The molecule has 1 amide bonds. The van der Waals surface area contributed by atoms with Crippen LogP contribution in [0.25, 0.3) is 11.1 Å². The van der Waals surface area contributed by atoms with Crippen LogP contribution >= 0.6 is 0 Å². The van der Waals surface area contributed by atoms with Gasteiger partial charge in [-0.2, -0.15) is 0 Å². The molecule has 1 heterocycles. The van der Waals surface area contributed by atoms with Crippen molar-refractivity contribution in [3.05, 3.63) is 24.1 Å². The molecule has 0 aliphatic rings. The summed E-state index contributed by atoms with van der Waals surface area (Å²) in [5.41, 5.74) is 1.88. The number of aromatic nitrogens is 1. The second-order valence-corrected chi connectivity index (χ2v) is 6.60. The molecule has 0 aliphatic carbocycles. The number of carboxylic acids is 1. The lowest BCUT2D eigenvalue weighted by atomic mass is 9.97. The zero-order valence-electron chi connectivity index (χ0n) is 13.7. The molecule has 0 fully saturated rings. The molecule has 0 radical (unpaired) electrons. The zero-order valence-corrected chi connectivity index (χ0v) is 13.7. The number of benzene rings is 1. The van der Waals surface area contributed by atoms with E-state index in [4.69, 9.17) is 9.52 Å². The van der Waals surface area contributed by atoms with Gasteiger partial charge in [-0.25, -0.2) is 4.98 Å². The molecule has 2 rings (SSSR count). The normalized spacial score (nSPS) is 11.6. The minimum absolute atomic E-state index is 0.0910. The molecule has 0 saturated heterocycles. The molecule has 0 saturated carbocycles. The quantitative estimate of drug-likeness (QED) is 0.792. The first kappa shape index (κ1) is 17.0. The SMILES string of the molecule is CC(C)(C)c1nc2cc(NC(=O)CCCCC(=O)O)ccc2o1. The van der Waals surface area contributed by atoms with Gasteiger partial charge in [-0.1, -0.05) is 20.8 Å². The Morgan fingerprint density at radius 1 is 1.22 bits per heavy atom. The van der Waals surface area contributed by atoms with Crippen molar-refractivity contribution in [2.75, 3.05) is 5.32 Å². The average Bonchev–Trinajstić information content (AvgIpc) is 2.86. The lowest BCUT2D eigenvalue weighted by molar-refractivity contribution is -0.137. The molecule has 0 unspecified atom stereocenters. The number of aliphatic carboxylic acids is 1. The Labute approximate surface area is 134 Å². The van der Waals surface area contributed by atoms with Gasteiger partial charge < -0.3 is 14.8 Å². The first-order valence-corrected chi connectivity index (χ1v) is 7.68. The summed E-state index contributed by atoms with van der Waals surface area (Å²) in [7, 11) is 0. The van der Waals surface area contributed by atoms with Crippen LogP contribution in [0.4, 0.5) is 5.69 Å². The summed E-state index contributed by atoms with van der Waals surface area (Å²) in [6.07, 6.45) is 1.45. The van der Waals surface area contributed by atoms with Crippen molar-refractivity contribution in [3.8, 4) is 0 Å². The number of hydrogen-bond donors (Lipinski definition) is 2. The van der Waals surface area contributed by atoms with Crippen molar-refractivity contribution in [3.63, 3.8) is 0 Å². The Hall–Kier alpha value is -2.37. The summed E-state index contributed by atoms with van der Waals surface area (Å²) < 4.78 is 5.71. The van der Waals surface area contributed by atoms with Gasteiger partial charge >= 0.3 is 5.97 Å². The first-order chi connectivity index (χ1) is 10.8. The number of hydrogen-bond acceptors (Lipinski definition) is 4. The van der Waals surface area contributed by atoms with Gasteiger partial charge in [-0.05, 0) is 31.0 Å². The number of carboxylic acid groups (broad SMARTS) is 1. The molecule has 1 aromatic heterocycles. The molecule has 2 N–H and O–H groups in total. The number of nitrogens with one attached hydrogen (secondary N) is 1. The fourth-order valence-corrected chi connectivity index (χ4v) is 2.11. The number of anilines is 1. The molecule has 23 heavy (non-hydrogen) atoms. The summed E-state index contributed by atoms with van der Waals surface area (Å²) in [6.45, 7) is 6.08. The topological polar surface area (TPSA) is 92.4 Å². The van der Waals surface area contributed by atoms with E-state index >= 15 is 0 Å². The fourth-order valence-electron chi connectivity index (χ4n) is 2.11. The number of carbonyl (C=O) groups is 2. The maximum absolute atomic E-state index is 11.9. The smallest absolute Gasteiger partial charge is 0.303 e. The van der Waals surface area contributed by atoms with Crippen LogP contribution in [-0.2, 0) is 15.0 Å². The van der Waals surface area contributed by atoms with E-state index in [1.54, 1.807) is 18.2 Å². The van der Waals surface area contributed by atoms with E-state index in [0.717, 1.165) is 0 Å². The summed E-state index contributed by atoms with van der Waals surface area (Å²) in [4.78, 5) is 26.7. The van der Waals surface area contributed by atoms with Crippen LogP contribution in [0.15, 0.2) is 22.6 Å². The van der Waals surface area contributed by atoms with Gasteiger partial charge in [0.25, 0.3) is 0 Å². The molecule has 0 bridgehead atoms. The predicted molar refractivity (Wildman–Crippen MR) is 87.4 cm³/mol. The Balaban J connectivity index is 1.98. The number of rotatable bonds is 6. The third kappa shape index (κ3) is 4.81. The van der Waals surface area contributed by atoms with Crippen molar-refractivity contribution in [2.45, 2.75) is 51.9 Å². The van der Waals surface area contributed by atoms with Gasteiger partial charge in [0, 0.05) is 23.9 Å². The van der Waals surface area contributed by atoms with Crippen molar-refractivity contribution in [1.29, 1.82) is 0 Å². The minimum atomic E-state index is -0.837. The van der Waals surface area contributed by atoms with Crippen molar-refractivity contribution in [2.24, 2.45) is 0 Å². The minimum Gasteiger partial charge on any atom is -0.481 e. The highest BCUT2D eigenvalue weighted by Crippen LogP contribution is 2.27. The van der Waals surface area contributed by atoms with E-state index in [9.17, 15) is 9.59 Å². The molecule has 6 heteroatoms. The lowest BCUT2D eigenvalue weighted by Gasteiger charge is -2.11. The third-order valence-electron chi connectivity index (χ3n) is 3.36.